The Hall–Kier alpha value is -2.75. The van der Waals surface area contributed by atoms with E-state index in [0.29, 0.717) is 49.4 Å². The smallest absolute Gasteiger partial charge is 0.423 e. The Labute approximate surface area is 192 Å². The highest BCUT2D eigenvalue weighted by Gasteiger charge is 2.42. The van der Waals surface area contributed by atoms with E-state index in [4.69, 9.17) is 9.47 Å². The number of rotatable bonds is 6. The fraction of sp³-hybridized carbons (Fsp3) is 0.500. The molecule has 0 unspecified atom stereocenters. The molecule has 5 rings (SSSR count). The van der Waals surface area contributed by atoms with Crippen molar-refractivity contribution in [1.82, 2.24) is 14.6 Å². The molecule has 182 valence electrons. The van der Waals surface area contributed by atoms with Crippen LogP contribution in [0.25, 0.3) is 5.65 Å². The van der Waals surface area contributed by atoms with E-state index in [1.165, 1.54) is 29.8 Å². The van der Waals surface area contributed by atoms with Crippen LogP contribution in [0.5, 0.6) is 5.75 Å². The Morgan fingerprint density at radius 1 is 1.03 bits per heavy atom. The minimum atomic E-state index is -4.67. The topological polar surface area (TPSA) is 48.7 Å². The Kier molecular flexibility index (Phi) is 5.74. The molecule has 2 fully saturated rings. The molecule has 0 radical (unpaired) electrons. The van der Waals surface area contributed by atoms with E-state index in [1.54, 1.807) is 0 Å². The molecule has 2 aromatic heterocycles. The van der Waals surface area contributed by atoms with Gasteiger partial charge in [0.2, 0.25) is 0 Å². The van der Waals surface area contributed by atoms with Gasteiger partial charge < -0.3 is 9.47 Å². The van der Waals surface area contributed by atoms with Crippen molar-refractivity contribution in [3.05, 3.63) is 59.0 Å². The van der Waals surface area contributed by atoms with Gasteiger partial charge in [0, 0.05) is 19.7 Å². The monoisotopic (exact) mass is 481 g/mol. The van der Waals surface area contributed by atoms with Crippen LogP contribution in [0, 0.1) is 17.6 Å². The molecule has 2 aliphatic rings. The highest BCUT2D eigenvalue weighted by atomic mass is 19.4. The lowest BCUT2D eigenvalue weighted by atomic mass is 9.78. The van der Waals surface area contributed by atoms with Gasteiger partial charge in [0.25, 0.3) is 0 Å². The molecule has 34 heavy (non-hydrogen) atoms. The van der Waals surface area contributed by atoms with Crippen molar-refractivity contribution in [2.24, 2.45) is 5.92 Å². The van der Waals surface area contributed by atoms with E-state index >= 15 is 0 Å². The molecule has 5 nitrogen and oxygen atoms in total. The molecule has 1 aromatic carbocycles. The van der Waals surface area contributed by atoms with Gasteiger partial charge in [-0.25, -0.2) is 8.78 Å². The summed E-state index contributed by atoms with van der Waals surface area (Å²) in [6, 6.07) is 4.96. The summed E-state index contributed by atoms with van der Waals surface area (Å²) in [5.74, 6) is -1.23. The lowest BCUT2D eigenvalue weighted by Gasteiger charge is -2.39. The molecule has 2 heterocycles. The zero-order valence-electron chi connectivity index (χ0n) is 18.5. The summed E-state index contributed by atoms with van der Waals surface area (Å²) < 4.78 is 82.2. The number of methoxy groups -OCH3 is 1. The Morgan fingerprint density at radius 3 is 2.38 bits per heavy atom. The normalized spacial score (nSPS) is 23.4. The molecular formula is C24H24F5N3O2. The van der Waals surface area contributed by atoms with E-state index in [2.05, 4.69) is 10.2 Å². The third-order valence-electron chi connectivity index (χ3n) is 6.93. The second-order valence-electron chi connectivity index (χ2n) is 9.15. The second kappa shape index (κ2) is 8.48. The van der Waals surface area contributed by atoms with Crippen LogP contribution in [0.1, 0.15) is 55.5 Å². The lowest BCUT2D eigenvalue weighted by Crippen LogP contribution is -2.37. The van der Waals surface area contributed by atoms with E-state index in [9.17, 15) is 22.0 Å². The molecule has 0 amide bonds. The molecule has 0 spiro atoms. The van der Waals surface area contributed by atoms with Gasteiger partial charge in [-0.2, -0.15) is 13.2 Å². The van der Waals surface area contributed by atoms with Crippen LogP contribution in [0.3, 0.4) is 0 Å². The van der Waals surface area contributed by atoms with Gasteiger partial charge in [-0.15, -0.1) is 10.2 Å². The van der Waals surface area contributed by atoms with Gasteiger partial charge >= 0.3 is 6.18 Å². The van der Waals surface area contributed by atoms with Gasteiger partial charge in [-0.05, 0) is 68.2 Å². The number of pyridine rings is 1. The van der Waals surface area contributed by atoms with Gasteiger partial charge in [0.05, 0.1) is 11.7 Å². The Morgan fingerprint density at radius 2 is 1.76 bits per heavy atom. The Bertz CT molecular complexity index is 1200. The number of hydrogen-bond acceptors (Lipinski definition) is 4. The van der Waals surface area contributed by atoms with Crippen molar-refractivity contribution >= 4 is 5.65 Å². The van der Waals surface area contributed by atoms with E-state index in [0.717, 1.165) is 25.0 Å². The number of hydrogen-bond donors (Lipinski definition) is 0. The average molecular weight is 481 g/mol. The first-order chi connectivity index (χ1) is 16.2. The fourth-order valence-corrected chi connectivity index (χ4v) is 4.82. The van der Waals surface area contributed by atoms with Crippen molar-refractivity contribution in [2.75, 3.05) is 7.11 Å². The highest BCUT2D eigenvalue weighted by molar-refractivity contribution is 5.57. The minimum absolute atomic E-state index is 0.260. The van der Waals surface area contributed by atoms with Crippen LogP contribution in [0.2, 0.25) is 0 Å². The van der Waals surface area contributed by atoms with Crippen molar-refractivity contribution in [3.8, 4) is 5.75 Å². The van der Waals surface area contributed by atoms with Gasteiger partial charge in [0.15, 0.2) is 17.3 Å². The number of benzene rings is 1. The maximum Gasteiger partial charge on any atom is 0.423 e. The Balaban J connectivity index is 1.38. The third-order valence-corrected chi connectivity index (χ3v) is 6.93. The summed E-state index contributed by atoms with van der Waals surface area (Å²) >= 11 is 0. The summed E-state index contributed by atoms with van der Waals surface area (Å²) in [5, 5.41) is 7.84. The highest BCUT2D eigenvalue weighted by Crippen LogP contribution is 2.44. The van der Waals surface area contributed by atoms with Gasteiger partial charge in [0.1, 0.15) is 17.1 Å². The second-order valence-corrected chi connectivity index (χ2v) is 9.15. The molecular weight excluding hydrogens is 457 g/mol. The molecule has 0 aliphatic heterocycles. The molecule has 3 aromatic rings. The maximum absolute atomic E-state index is 14.0. The molecule has 10 heteroatoms. The van der Waals surface area contributed by atoms with Crippen LogP contribution >= 0.6 is 0 Å². The van der Waals surface area contributed by atoms with Crippen molar-refractivity contribution in [2.45, 2.75) is 62.8 Å². The first kappa shape index (κ1) is 23.0. The zero-order valence-corrected chi connectivity index (χ0v) is 18.5. The van der Waals surface area contributed by atoms with Crippen LogP contribution in [0.4, 0.5) is 22.0 Å². The summed E-state index contributed by atoms with van der Waals surface area (Å²) in [6.07, 6.45) is 0.618. The summed E-state index contributed by atoms with van der Waals surface area (Å²) in [4.78, 5) is 0. The molecule has 2 saturated carbocycles. The summed E-state index contributed by atoms with van der Waals surface area (Å²) in [5.41, 5.74) is -1.55. The molecule has 2 aliphatic carbocycles. The number of halogens is 5. The first-order valence-electron chi connectivity index (χ1n) is 11.3. The number of aromatic nitrogens is 3. The van der Waals surface area contributed by atoms with E-state index in [-0.39, 0.29) is 11.4 Å². The maximum atomic E-state index is 14.0. The quantitative estimate of drug-likeness (QED) is 0.415. The van der Waals surface area contributed by atoms with Gasteiger partial charge in [-0.3, -0.25) is 4.40 Å². The molecule has 0 saturated heterocycles. The summed E-state index contributed by atoms with van der Waals surface area (Å²) in [6.45, 7) is 0. The van der Waals surface area contributed by atoms with Gasteiger partial charge in [-0.1, -0.05) is 6.07 Å². The van der Waals surface area contributed by atoms with Crippen LogP contribution in [-0.2, 0) is 22.9 Å². The SMILES string of the molecule is COC1(c2ccc(F)c(F)c2)CCC(Oc2ccn3c(CC4CC4)nnc3c2C(F)(F)F)CC1. The van der Waals surface area contributed by atoms with Crippen LogP contribution in [0.15, 0.2) is 30.5 Å². The van der Waals surface area contributed by atoms with Crippen molar-refractivity contribution in [3.63, 3.8) is 0 Å². The number of nitrogens with zero attached hydrogens (tertiary/aromatic N) is 3. The third kappa shape index (κ3) is 4.23. The molecule has 0 bridgehead atoms. The average Bonchev–Trinajstić information content (AvgIpc) is 3.54. The number of fused-ring (bicyclic) bond motifs is 1. The lowest BCUT2D eigenvalue weighted by molar-refractivity contribution is -0.138. The molecule has 0 N–H and O–H groups in total. The van der Waals surface area contributed by atoms with Crippen molar-refractivity contribution in [1.29, 1.82) is 0 Å². The number of ether oxygens (including phenoxy) is 2. The van der Waals surface area contributed by atoms with E-state index < -0.39 is 35.1 Å². The number of alkyl halides is 3. The van der Waals surface area contributed by atoms with Crippen LogP contribution in [-0.4, -0.2) is 27.8 Å². The zero-order chi connectivity index (χ0) is 24.1. The molecule has 0 atom stereocenters. The van der Waals surface area contributed by atoms with E-state index in [1.807, 2.05) is 0 Å². The predicted molar refractivity (Wildman–Crippen MR) is 112 cm³/mol. The van der Waals surface area contributed by atoms with Crippen molar-refractivity contribution < 1.29 is 31.4 Å². The largest absolute Gasteiger partial charge is 0.490 e. The standard InChI is InChI=1S/C24H24F5N3O2/c1-33-23(15-4-5-17(25)18(26)13-15)9-6-16(7-10-23)34-19-8-11-32-20(12-14-2-3-14)30-31-22(32)21(19)24(27,28)29/h4-5,8,11,13-14,16H,2-3,6-7,9-10,12H2,1H3. The predicted octanol–water partition coefficient (Wildman–Crippen LogP) is 5.84. The van der Waals surface area contributed by atoms with Crippen LogP contribution < -0.4 is 4.74 Å². The first-order valence-corrected chi connectivity index (χ1v) is 11.3. The fourth-order valence-electron chi connectivity index (χ4n) is 4.82. The minimum Gasteiger partial charge on any atom is -0.490 e. The summed E-state index contributed by atoms with van der Waals surface area (Å²) in [7, 11) is 1.49.